The van der Waals surface area contributed by atoms with Crippen LogP contribution >= 0.6 is 80.7 Å². The number of aryl methyl sites for hydroxylation is 1. The van der Waals surface area contributed by atoms with Crippen LogP contribution in [0.3, 0.4) is 0 Å². The normalized spacial score (nSPS) is 17.3. The Bertz CT molecular complexity index is 4440. The average Bonchev–Trinajstić information content (AvgIpc) is 1.71. The standard InChI is InChI=1S/C20H17Cl2N3OS.C18H14ClF3N2O2.C17H19ClN4O2S.C17H16ClN3O2/c21-14-5-3-13(4-6-14)17-12-27-20(23-17)24-19(26)18-2-1-11-25(18)16-9-7-15(22)8-10-16;19-12-1-3-14(4-2-12)24-15(5-6-17(24)26)16(25)10-13-9-11(7-8-23-13)18(20,21)22;1-17(2,3)15-20-21-16(25-15)19-14(24)12-8-9-13(23)22(12)11-6-4-10(18)5-7-11;1-11-2-8-15(19-10-11)20-17(23)14-7-9-16(22)21(14)13-5-3-12(18)4-6-13/h3-10,12,18H,1-2,11H2,(H,23,24,26);1-4,7-9,15H,5-6,10H2;4-7,12H,8-9H2,1-3H3,(H,19,21,24);2-6,8,10,14H,7,9H2,1H3,(H,19,20,23)/t18-;15-;12-;14-/m0000/s1. The molecule has 101 heavy (non-hydrogen) atoms. The summed E-state index contributed by atoms with van der Waals surface area (Å²) in [6.07, 6.45) is 1.91. The second-order valence-corrected chi connectivity index (χ2v) is 28.8. The smallest absolute Gasteiger partial charge is 0.360 e. The van der Waals surface area contributed by atoms with Crippen molar-refractivity contribution in [2.75, 3.05) is 42.1 Å². The van der Waals surface area contributed by atoms with Gasteiger partial charge in [-0.15, -0.1) is 21.5 Å². The maximum atomic E-state index is 12.8. The first-order chi connectivity index (χ1) is 48.1. The van der Waals surface area contributed by atoms with Gasteiger partial charge in [-0.1, -0.05) is 108 Å². The Morgan fingerprint density at radius 2 is 1.01 bits per heavy atom. The highest BCUT2D eigenvalue weighted by molar-refractivity contribution is 7.15. The molecular formula is C72H66Cl5F3N12O7S2. The van der Waals surface area contributed by atoms with Crippen molar-refractivity contribution in [3.63, 3.8) is 0 Å². The molecule has 4 aliphatic heterocycles. The van der Waals surface area contributed by atoms with Gasteiger partial charge in [0.2, 0.25) is 40.6 Å². The Labute approximate surface area is 613 Å². The van der Waals surface area contributed by atoms with Crippen molar-refractivity contribution in [2.24, 2.45) is 0 Å². The van der Waals surface area contributed by atoms with Crippen LogP contribution in [-0.2, 0) is 51.6 Å². The topological polar surface area (TPSA) is 233 Å². The molecule has 29 heteroatoms. The number of amides is 6. The van der Waals surface area contributed by atoms with E-state index in [1.807, 2.05) is 87.7 Å². The van der Waals surface area contributed by atoms with E-state index in [0.717, 1.165) is 65.2 Å². The van der Waals surface area contributed by atoms with Crippen molar-refractivity contribution >= 4 is 161 Å². The third-order valence-electron chi connectivity index (χ3n) is 16.5. The van der Waals surface area contributed by atoms with E-state index in [1.165, 1.54) is 37.4 Å². The third-order valence-corrected chi connectivity index (χ3v) is 19.8. The minimum absolute atomic E-state index is 0.0280. The summed E-state index contributed by atoms with van der Waals surface area (Å²) < 4.78 is 38.4. The summed E-state index contributed by atoms with van der Waals surface area (Å²) in [5, 5.41) is 23.6. The SMILES string of the molecule is CC(C)(C)c1nnc(NC(=O)[C@@H]2CCC(=O)N2c2ccc(Cl)cc2)s1.Cc1ccc(NC(=O)[C@@H]2CCC(=O)N2c2ccc(Cl)cc2)nc1.O=C(Cc1cc(C(F)(F)F)ccn1)[C@@H]1CCC(=O)N1c1ccc(Cl)cc1.O=C(Nc1nc(-c2ccc(Cl)cc2)cs1)[C@@H]1CCCN1c1ccc(Cl)cc1. The molecule has 0 spiro atoms. The molecule has 9 aromatic rings. The summed E-state index contributed by atoms with van der Waals surface area (Å²) in [6, 6.07) is 38.7. The van der Waals surface area contributed by atoms with E-state index in [9.17, 15) is 46.7 Å². The summed E-state index contributed by atoms with van der Waals surface area (Å²) in [4.78, 5) is 106. The van der Waals surface area contributed by atoms with Gasteiger partial charge < -0.3 is 20.4 Å². The van der Waals surface area contributed by atoms with Crippen molar-refractivity contribution in [2.45, 2.75) is 121 Å². The lowest BCUT2D eigenvalue weighted by Gasteiger charge is -2.25. The number of nitrogens with one attached hydrogen (secondary N) is 3. The largest absolute Gasteiger partial charge is 0.416 e. The number of hydrogen-bond donors (Lipinski definition) is 3. The first kappa shape index (κ1) is 74.8. The summed E-state index contributed by atoms with van der Waals surface area (Å²) in [5.74, 6) is -0.727. The predicted octanol–water partition coefficient (Wildman–Crippen LogP) is 16.6. The molecule has 524 valence electrons. The van der Waals surface area contributed by atoms with E-state index in [1.54, 1.807) is 85.1 Å². The molecule has 8 heterocycles. The van der Waals surface area contributed by atoms with E-state index in [-0.39, 0.29) is 71.2 Å². The van der Waals surface area contributed by atoms with E-state index in [0.29, 0.717) is 90.4 Å². The molecular weight excluding hydrogens is 1440 g/mol. The maximum Gasteiger partial charge on any atom is 0.416 e. The van der Waals surface area contributed by atoms with Crippen LogP contribution in [0.4, 0.5) is 52.0 Å². The van der Waals surface area contributed by atoms with Gasteiger partial charge in [-0.25, -0.2) is 9.97 Å². The lowest BCUT2D eigenvalue weighted by atomic mass is 9.98. The zero-order valence-electron chi connectivity index (χ0n) is 54.7. The van der Waals surface area contributed by atoms with Crippen molar-refractivity contribution in [1.82, 2.24) is 25.1 Å². The summed E-state index contributed by atoms with van der Waals surface area (Å²) in [7, 11) is 0. The maximum absolute atomic E-state index is 12.8. The molecule has 0 saturated carbocycles. The van der Waals surface area contributed by atoms with Gasteiger partial charge in [-0.3, -0.25) is 53.7 Å². The molecule has 0 unspecified atom stereocenters. The first-order valence-corrected chi connectivity index (χ1v) is 35.4. The van der Waals surface area contributed by atoms with Gasteiger partial charge in [0.25, 0.3) is 0 Å². The highest BCUT2D eigenvalue weighted by Gasteiger charge is 2.41. The number of pyridine rings is 2. The fourth-order valence-corrected chi connectivity index (χ4v) is 13.6. The van der Waals surface area contributed by atoms with E-state index in [2.05, 4.69) is 46.0 Å². The van der Waals surface area contributed by atoms with Crippen LogP contribution in [0.25, 0.3) is 11.3 Å². The number of aromatic nitrogens is 5. The molecule has 13 rings (SSSR count). The fourth-order valence-electron chi connectivity index (χ4n) is 11.4. The number of nitrogens with zero attached hydrogens (tertiary/aromatic N) is 9. The Balaban J connectivity index is 0.000000145. The Morgan fingerprint density at radius 1 is 0.545 bits per heavy atom. The van der Waals surface area contributed by atoms with Gasteiger partial charge in [0.05, 0.1) is 23.7 Å². The lowest BCUT2D eigenvalue weighted by Crippen LogP contribution is -2.41. The Kier molecular flexibility index (Phi) is 24.6. The number of halogens is 8. The van der Waals surface area contributed by atoms with E-state index in [4.69, 9.17) is 58.0 Å². The van der Waals surface area contributed by atoms with E-state index < -0.39 is 29.9 Å². The highest BCUT2D eigenvalue weighted by Crippen LogP contribution is 2.36. The Hall–Kier alpha value is -8.88. The fraction of sp³-hybridized carbons (Fsp3) is 0.278. The number of benzene rings is 5. The van der Waals surface area contributed by atoms with Crippen molar-refractivity contribution in [3.05, 3.63) is 210 Å². The van der Waals surface area contributed by atoms with Gasteiger partial charge in [0.1, 0.15) is 29.0 Å². The Morgan fingerprint density at radius 3 is 1.50 bits per heavy atom. The highest BCUT2D eigenvalue weighted by atomic mass is 35.5. The van der Waals surface area contributed by atoms with Crippen LogP contribution in [0.5, 0.6) is 0 Å². The van der Waals surface area contributed by atoms with Gasteiger partial charge in [-0.2, -0.15) is 13.2 Å². The van der Waals surface area contributed by atoms with Crippen molar-refractivity contribution < 1.29 is 46.7 Å². The number of ketones is 1. The molecule has 4 atom stereocenters. The van der Waals surface area contributed by atoms with Crippen LogP contribution in [-0.4, -0.2) is 97.1 Å². The van der Waals surface area contributed by atoms with E-state index >= 15 is 0 Å². The first-order valence-electron chi connectivity index (χ1n) is 31.9. The molecule has 0 bridgehead atoms. The zero-order valence-corrected chi connectivity index (χ0v) is 60.1. The number of hydrogen-bond acceptors (Lipinski definition) is 15. The predicted molar refractivity (Wildman–Crippen MR) is 392 cm³/mol. The number of anilines is 7. The lowest BCUT2D eigenvalue weighted by molar-refractivity contribution is -0.138. The number of carbonyl (C=O) groups is 7. The molecule has 4 aliphatic rings. The monoisotopic (exact) mass is 1510 g/mol. The van der Waals surface area contributed by atoms with Crippen LogP contribution in [0, 0.1) is 6.92 Å². The summed E-state index contributed by atoms with van der Waals surface area (Å²) in [6.45, 7) is 8.90. The molecule has 0 aliphatic carbocycles. The molecule has 4 fully saturated rings. The number of Topliss-reactive ketones (excluding diaryl/α,β-unsaturated/α-hetero) is 1. The third kappa shape index (κ3) is 19.6. The molecule has 5 aromatic carbocycles. The number of thiazole rings is 1. The number of alkyl halides is 3. The minimum Gasteiger partial charge on any atom is -0.360 e. The number of carbonyl (C=O) groups excluding carboxylic acids is 7. The zero-order chi connectivity index (χ0) is 72.3. The van der Waals surface area contributed by atoms with Gasteiger partial charge in [-0.05, 0) is 172 Å². The van der Waals surface area contributed by atoms with Crippen LogP contribution < -0.4 is 35.6 Å². The molecule has 6 amide bonds. The van der Waals surface area contributed by atoms with Crippen molar-refractivity contribution in [1.29, 1.82) is 0 Å². The minimum atomic E-state index is -4.50. The van der Waals surface area contributed by atoms with Crippen LogP contribution in [0.2, 0.25) is 25.1 Å². The molecule has 0 radical (unpaired) electrons. The van der Waals surface area contributed by atoms with Crippen LogP contribution in [0.1, 0.15) is 94.0 Å². The summed E-state index contributed by atoms with van der Waals surface area (Å²) >= 11 is 32.3. The second kappa shape index (κ2) is 33.3. The second-order valence-electron chi connectivity index (χ2n) is 24.8. The quantitative estimate of drug-likeness (QED) is 0.0920. The summed E-state index contributed by atoms with van der Waals surface area (Å²) in [5.41, 5.74) is 4.75. The number of rotatable bonds is 14. The average molecular weight is 1510 g/mol. The molecule has 4 saturated heterocycles. The van der Waals surface area contributed by atoms with Gasteiger partial charge in [0, 0.05) is 108 Å². The molecule has 19 nitrogen and oxygen atoms in total. The molecule has 4 aromatic heterocycles. The molecule has 3 N–H and O–H groups in total. The van der Waals surface area contributed by atoms with Gasteiger partial charge in [0.15, 0.2) is 10.9 Å². The van der Waals surface area contributed by atoms with Gasteiger partial charge >= 0.3 is 6.18 Å². The van der Waals surface area contributed by atoms with Crippen LogP contribution in [0.15, 0.2) is 163 Å². The van der Waals surface area contributed by atoms with Crippen molar-refractivity contribution in [3.8, 4) is 11.3 Å².